The van der Waals surface area contributed by atoms with Gasteiger partial charge in [-0.2, -0.15) is 13.2 Å². The number of carbonyl (C=O) groups is 1. The number of guanidine groups is 1. The summed E-state index contributed by atoms with van der Waals surface area (Å²) in [4.78, 5) is 16.5. The van der Waals surface area contributed by atoms with Crippen molar-refractivity contribution in [1.29, 1.82) is 0 Å². The number of hydrogen-bond acceptors (Lipinski definition) is 2. The van der Waals surface area contributed by atoms with Crippen molar-refractivity contribution in [2.24, 2.45) is 4.99 Å². The Morgan fingerprint density at radius 3 is 2.50 bits per heavy atom. The van der Waals surface area contributed by atoms with Crippen LogP contribution in [-0.4, -0.2) is 56.7 Å². The Kier molecular flexibility index (Phi) is 6.54. The van der Waals surface area contributed by atoms with Crippen molar-refractivity contribution in [3.8, 4) is 0 Å². The Labute approximate surface area is 159 Å². The molecule has 26 heavy (non-hydrogen) atoms. The van der Waals surface area contributed by atoms with E-state index in [0.29, 0.717) is 17.4 Å². The lowest BCUT2D eigenvalue weighted by atomic mass is 9.96. The molecule has 0 saturated heterocycles. The summed E-state index contributed by atoms with van der Waals surface area (Å²) in [6.07, 6.45) is -2.34. The van der Waals surface area contributed by atoms with Crippen molar-refractivity contribution in [1.82, 2.24) is 15.5 Å². The number of nitrogens with zero attached hydrogens (tertiary/aromatic N) is 2. The van der Waals surface area contributed by atoms with Gasteiger partial charge in [0.2, 0.25) is 5.91 Å². The molecule has 1 amide bonds. The quantitative estimate of drug-likeness (QED) is 0.534. The average Bonchev–Trinajstić information content (AvgIpc) is 3.34. The second-order valence-corrected chi connectivity index (χ2v) is 7.26. The number of halogens is 4. The molecular formula is C17H22BrF3N4O. The molecule has 1 aromatic rings. The van der Waals surface area contributed by atoms with Gasteiger partial charge in [0.25, 0.3) is 0 Å². The van der Waals surface area contributed by atoms with Gasteiger partial charge in [-0.15, -0.1) is 0 Å². The molecule has 0 heterocycles. The van der Waals surface area contributed by atoms with Crippen LogP contribution in [0.2, 0.25) is 0 Å². The predicted octanol–water partition coefficient (Wildman–Crippen LogP) is 2.67. The van der Waals surface area contributed by atoms with Gasteiger partial charge in [0.05, 0.1) is 6.54 Å². The molecule has 0 unspecified atom stereocenters. The Morgan fingerprint density at radius 1 is 1.31 bits per heavy atom. The maximum atomic E-state index is 12.3. The fourth-order valence-corrected chi connectivity index (χ4v) is 3.41. The van der Waals surface area contributed by atoms with Crippen molar-refractivity contribution in [2.45, 2.75) is 24.4 Å². The van der Waals surface area contributed by atoms with E-state index in [9.17, 15) is 18.0 Å². The molecule has 5 nitrogen and oxygen atoms in total. The molecular weight excluding hydrogens is 413 g/mol. The van der Waals surface area contributed by atoms with Crippen molar-refractivity contribution >= 4 is 27.8 Å². The van der Waals surface area contributed by atoms with Crippen molar-refractivity contribution in [3.63, 3.8) is 0 Å². The fraction of sp³-hybridized carbons (Fsp3) is 0.529. The number of amides is 1. The third kappa shape index (κ3) is 5.62. The van der Waals surface area contributed by atoms with Gasteiger partial charge in [-0.05, 0) is 24.5 Å². The van der Waals surface area contributed by atoms with E-state index in [0.717, 1.165) is 24.4 Å². The van der Waals surface area contributed by atoms with E-state index in [1.807, 2.05) is 18.2 Å². The normalized spacial score (nSPS) is 16.2. The molecule has 1 saturated carbocycles. The number of hydrogen-bond donors (Lipinski definition) is 2. The summed E-state index contributed by atoms with van der Waals surface area (Å²) >= 11 is 3.57. The standard InChI is InChI=1S/C17H22BrF3N4O/c1-22-15(23-9-14(26)25(2)11-17(19,20)21)24-10-16(7-8-16)12-5-3-4-6-13(12)18/h3-6H,7-11H2,1-2H3,(H2,22,23,24). The molecule has 0 atom stereocenters. The molecule has 0 radical (unpaired) electrons. The number of aliphatic imine (C=N–C) groups is 1. The van der Waals surface area contributed by atoms with Crippen LogP contribution >= 0.6 is 15.9 Å². The SMILES string of the molecule is CN=C(NCC(=O)N(C)CC(F)(F)F)NCC1(c2ccccc2Br)CC1. The molecule has 2 N–H and O–H groups in total. The topological polar surface area (TPSA) is 56.7 Å². The van der Waals surface area contributed by atoms with Crippen molar-refractivity contribution in [2.75, 3.05) is 33.7 Å². The first-order chi connectivity index (χ1) is 12.2. The zero-order chi connectivity index (χ0) is 19.4. The minimum Gasteiger partial charge on any atom is -0.356 e. The van der Waals surface area contributed by atoms with Gasteiger partial charge in [0.15, 0.2) is 5.96 Å². The summed E-state index contributed by atoms with van der Waals surface area (Å²) in [6.45, 7) is -0.902. The molecule has 2 rings (SSSR count). The Hall–Kier alpha value is -1.77. The number of rotatable bonds is 6. The Balaban J connectivity index is 1.85. The number of carbonyl (C=O) groups excluding carboxylic acids is 1. The van der Waals surface area contributed by atoms with E-state index < -0.39 is 18.6 Å². The van der Waals surface area contributed by atoms with Crippen LogP contribution in [0.3, 0.4) is 0 Å². The van der Waals surface area contributed by atoms with Crippen LogP contribution in [0.25, 0.3) is 0 Å². The first-order valence-corrected chi connectivity index (χ1v) is 8.96. The lowest BCUT2D eigenvalue weighted by Crippen LogP contribution is -2.47. The number of alkyl halides is 3. The second kappa shape index (κ2) is 8.28. The average molecular weight is 435 g/mol. The predicted molar refractivity (Wildman–Crippen MR) is 98.1 cm³/mol. The molecule has 1 fully saturated rings. The van der Waals surface area contributed by atoms with E-state index >= 15 is 0 Å². The summed E-state index contributed by atoms with van der Waals surface area (Å²) < 4.78 is 38.0. The van der Waals surface area contributed by atoms with Crippen LogP contribution in [0.4, 0.5) is 13.2 Å². The van der Waals surface area contributed by atoms with E-state index in [1.54, 1.807) is 7.05 Å². The lowest BCUT2D eigenvalue weighted by molar-refractivity contribution is -0.157. The number of benzene rings is 1. The van der Waals surface area contributed by atoms with Gasteiger partial charge in [0.1, 0.15) is 6.54 Å². The third-order valence-electron chi connectivity index (χ3n) is 4.37. The zero-order valence-corrected chi connectivity index (χ0v) is 16.2. The van der Waals surface area contributed by atoms with E-state index in [-0.39, 0.29) is 12.0 Å². The Morgan fingerprint density at radius 2 is 1.96 bits per heavy atom. The van der Waals surface area contributed by atoms with Crippen LogP contribution in [0.5, 0.6) is 0 Å². The van der Waals surface area contributed by atoms with Crippen LogP contribution in [-0.2, 0) is 10.2 Å². The summed E-state index contributed by atoms with van der Waals surface area (Å²) in [5.41, 5.74) is 1.22. The largest absolute Gasteiger partial charge is 0.406 e. The molecule has 0 bridgehead atoms. The first-order valence-electron chi connectivity index (χ1n) is 8.17. The molecule has 144 valence electrons. The minimum absolute atomic E-state index is 0.00873. The molecule has 1 aromatic carbocycles. The van der Waals surface area contributed by atoms with Crippen LogP contribution in [0, 0.1) is 0 Å². The molecule has 9 heteroatoms. The maximum absolute atomic E-state index is 12.3. The zero-order valence-electron chi connectivity index (χ0n) is 14.7. The summed E-state index contributed by atoms with van der Waals surface area (Å²) in [7, 11) is 2.68. The van der Waals surface area contributed by atoms with E-state index in [1.165, 1.54) is 5.56 Å². The van der Waals surface area contributed by atoms with Gasteiger partial charge < -0.3 is 15.5 Å². The summed E-state index contributed by atoms with van der Waals surface area (Å²) in [5.74, 6) is -0.269. The van der Waals surface area contributed by atoms with Crippen molar-refractivity contribution < 1.29 is 18.0 Å². The van der Waals surface area contributed by atoms with E-state index in [4.69, 9.17) is 0 Å². The molecule has 0 aliphatic heterocycles. The fourth-order valence-electron chi connectivity index (χ4n) is 2.71. The number of likely N-dealkylation sites (N-methyl/N-ethyl adjacent to an activating group) is 1. The first kappa shape index (κ1) is 20.5. The van der Waals surface area contributed by atoms with Gasteiger partial charge in [-0.3, -0.25) is 9.79 Å². The van der Waals surface area contributed by atoms with Gasteiger partial charge in [-0.25, -0.2) is 0 Å². The highest BCUT2D eigenvalue weighted by atomic mass is 79.9. The van der Waals surface area contributed by atoms with Crippen LogP contribution < -0.4 is 10.6 Å². The third-order valence-corrected chi connectivity index (χ3v) is 5.06. The monoisotopic (exact) mass is 434 g/mol. The highest BCUT2D eigenvalue weighted by Gasteiger charge is 2.45. The highest BCUT2D eigenvalue weighted by Crippen LogP contribution is 2.49. The van der Waals surface area contributed by atoms with Crippen molar-refractivity contribution in [3.05, 3.63) is 34.3 Å². The molecule has 0 spiro atoms. The number of nitrogens with one attached hydrogen (secondary N) is 2. The van der Waals surface area contributed by atoms with Crippen LogP contribution in [0.1, 0.15) is 18.4 Å². The van der Waals surface area contributed by atoms with E-state index in [2.05, 4.69) is 37.6 Å². The second-order valence-electron chi connectivity index (χ2n) is 6.40. The van der Waals surface area contributed by atoms with Gasteiger partial charge in [-0.1, -0.05) is 34.1 Å². The highest BCUT2D eigenvalue weighted by molar-refractivity contribution is 9.10. The molecule has 1 aliphatic rings. The minimum atomic E-state index is -4.41. The van der Waals surface area contributed by atoms with Gasteiger partial charge in [0, 0.05) is 30.5 Å². The lowest BCUT2D eigenvalue weighted by Gasteiger charge is -2.22. The van der Waals surface area contributed by atoms with Crippen LogP contribution in [0.15, 0.2) is 33.7 Å². The molecule has 1 aliphatic carbocycles. The van der Waals surface area contributed by atoms with Gasteiger partial charge >= 0.3 is 6.18 Å². The summed E-state index contributed by atoms with van der Waals surface area (Å²) in [5, 5.41) is 5.94. The summed E-state index contributed by atoms with van der Waals surface area (Å²) in [6, 6.07) is 8.02. The maximum Gasteiger partial charge on any atom is 0.406 e. The smallest absolute Gasteiger partial charge is 0.356 e. The molecule has 0 aromatic heterocycles. The Bertz CT molecular complexity index is 674.